The highest BCUT2D eigenvalue weighted by Gasteiger charge is 2.33. The van der Waals surface area contributed by atoms with E-state index in [0.29, 0.717) is 21.3 Å². The maximum absolute atomic E-state index is 13.9. The van der Waals surface area contributed by atoms with E-state index in [1.165, 1.54) is 29.2 Å². The quantitative estimate of drug-likeness (QED) is 0.305. The molecule has 0 saturated heterocycles. The molecule has 2 unspecified atom stereocenters. The molecule has 0 bridgehead atoms. The summed E-state index contributed by atoms with van der Waals surface area (Å²) in [7, 11) is -4.16. The summed E-state index contributed by atoms with van der Waals surface area (Å²) in [6.07, 6.45) is 0.726. The van der Waals surface area contributed by atoms with Crippen LogP contribution in [0.3, 0.4) is 0 Å². The molecule has 0 fully saturated rings. The van der Waals surface area contributed by atoms with Gasteiger partial charge in [-0.1, -0.05) is 60.5 Å². The van der Waals surface area contributed by atoms with Gasteiger partial charge in [-0.25, -0.2) is 8.42 Å². The van der Waals surface area contributed by atoms with Crippen molar-refractivity contribution in [2.24, 2.45) is 0 Å². The van der Waals surface area contributed by atoms with Gasteiger partial charge in [0, 0.05) is 22.6 Å². The summed E-state index contributed by atoms with van der Waals surface area (Å²) in [4.78, 5) is 28.4. The average molecular weight is 591 g/mol. The standard InChI is InChI=1S/C29H33Cl2N3O4S/c1-5-21(3)32-29(36)22(4)33(18-23-10-12-24(30)13-11-23)28(35)19-34(27-9-7-6-8-20(27)2)39(37,38)26-16-14-25(31)15-17-26/h6-17,21-22H,5,18-19H2,1-4H3,(H,32,36). The van der Waals surface area contributed by atoms with Gasteiger partial charge in [0.2, 0.25) is 11.8 Å². The van der Waals surface area contributed by atoms with Gasteiger partial charge in [-0.2, -0.15) is 0 Å². The fourth-order valence-electron chi connectivity index (χ4n) is 3.93. The minimum atomic E-state index is -4.16. The van der Waals surface area contributed by atoms with Crippen molar-refractivity contribution in [3.8, 4) is 0 Å². The molecule has 0 radical (unpaired) electrons. The Morgan fingerprint density at radius 3 is 2.03 bits per heavy atom. The molecule has 0 aliphatic carbocycles. The number of para-hydroxylation sites is 1. The van der Waals surface area contributed by atoms with E-state index in [1.54, 1.807) is 62.4 Å². The Bertz CT molecular complexity index is 1400. The Labute approximate surface area is 240 Å². The van der Waals surface area contributed by atoms with Gasteiger partial charge < -0.3 is 10.2 Å². The predicted molar refractivity (Wildman–Crippen MR) is 157 cm³/mol. The highest BCUT2D eigenvalue weighted by molar-refractivity contribution is 7.92. The number of aryl methyl sites for hydroxylation is 1. The molecule has 1 N–H and O–H groups in total. The molecule has 7 nitrogen and oxygen atoms in total. The summed E-state index contributed by atoms with van der Waals surface area (Å²) in [5.41, 5.74) is 1.79. The summed E-state index contributed by atoms with van der Waals surface area (Å²) in [6, 6.07) is 18.7. The largest absolute Gasteiger partial charge is 0.352 e. The van der Waals surface area contributed by atoms with E-state index in [-0.39, 0.29) is 23.4 Å². The third-order valence-electron chi connectivity index (χ3n) is 6.50. The van der Waals surface area contributed by atoms with Gasteiger partial charge in [0.15, 0.2) is 0 Å². The van der Waals surface area contributed by atoms with E-state index >= 15 is 0 Å². The molecular formula is C29H33Cl2N3O4S. The van der Waals surface area contributed by atoms with Gasteiger partial charge in [-0.05, 0) is 80.8 Å². The Morgan fingerprint density at radius 1 is 0.897 bits per heavy atom. The molecule has 10 heteroatoms. The highest BCUT2D eigenvalue weighted by Crippen LogP contribution is 2.28. The van der Waals surface area contributed by atoms with Crippen LogP contribution in [-0.4, -0.2) is 43.8 Å². The van der Waals surface area contributed by atoms with Crippen LogP contribution < -0.4 is 9.62 Å². The summed E-state index contributed by atoms with van der Waals surface area (Å²) < 4.78 is 28.8. The molecule has 39 heavy (non-hydrogen) atoms. The zero-order chi connectivity index (χ0) is 28.7. The van der Waals surface area contributed by atoms with E-state index in [9.17, 15) is 18.0 Å². The van der Waals surface area contributed by atoms with E-state index in [0.717, 1.165) is 16.3 Å². The number of anilines is 1. The first-order valence-corrected chi connectivity index (χ1v) is 14.8. The predicted octanol–water partition coefficient (Wildman–Crippen LogP) is 5.83. The zero-order valence-corrected chi connectivity index (χ0v) is 24.7. The lowest BCUT2D eigenvalue weighted by Gasteiger charge is -2.33. The van der Waals surface area contributed by atoms with Crippen molar-refractivity contribution in [3.05, 3.63) is 94.0 Å². The Morgan fingerprint density at radius 2 is 1.46 bits per heavy atom. The zero-order valence-electron chi connectivity index (χ0n) is 22.4. The molecule has 3 aromatic carbocycles. The lowest BCUT2D eigenvalue weighted by molar-refractivity contribution is -0.139. The van der Waals surface area contributed by atoms with E-state index in [1.807, 2.05) is 13.8 Å². The molecular weight excluding hydrogens is 557 g/mol. The monoisotopic (exact) mass is 589 g/mol. The number of carbonyl (C=O) groups excluding carboxylic acids is 2. The van der Waals surface area contributed by atoms with Crippen molar-refractivity contribution in [3.63, 3.8) is 0 Å². The van der Waals surface area contributed by atoms with Gasteiger partial charge in [0.25, 0.3) is 10.0 Å². The fraction of sp³-hybridized carbons (Fsp3) is 0.310. The van der Waals surface area contributed by atoms with Crippen LogP contribution in [-0.2, 0) is 26.2 Å². The van der Waals surface area contributed by atoms with Crippen LogP contribution in [0.25, 0.3) is 0 Å². The molecule has 0 aliphatic heterocycles. The average Bonchev–Trinajstić information content (AvgIpc) is 2.91. The minimum Gasteiger partial charge on any atom is -0.352 e. The number of rotatable bonds is 11. The molecule has 0 aliphatic rings. The lowest BCUT2D eigenvalue weighted by atomic mass is 10.1. The first kappa shape index (κ1) is 30.5. The van der Waals surface area contributed by atoms with Crippen molar-refractivity contribution in [2.75, 3.05) is 10.8 Å². The smallest absolute Gasteiger partial charge is 0.264 e. The summed E-state index contributed by atoms with van der Waals surface area (Å²) in [6.45, 7) is 6.83. The van der Waals surface area contributed by atoms with Crippen molar-refractivity contribution >= 4 is 50.7 Å². The van der Waals surface area contributed by atoms with Crippen LogP contribution in [0.1, 0.15) is 38.3 Å². The van der Waals surface area contributed by atoms with Gasteiger partial charge >= 0.3 is 0 Å². The summed E-state index contributed by atoms with van der Waals surface area (Å²) in [5, 5.41) is 3.85. The summed E-state index contributed by atoms with van der Waals surface area (Å²) in [5.74, 6) is -0.854. The van der Waals surface area contributed by atoms with Crippen molar-refractivity contribution < 1.29 is 18.0 Å². The fourth-order valence-corrected chi connectivity index (χ4v) is 5.66. The Balaban J connectivity index is 2.03. The molecule has 2 atom stereocenters. The minimum absolute atomic E-state index is 0.00485. The van der Waals surface area contributed by atoms with E-state index in [4.69, 9.17) is 23.2 Å². The molecule has 2 amide bonds. The second-order valence-corrected chi connectivity index (χ2v) is 12.1. The van der Waals surface area contributed by atoms with Crippen LogP contribution in [0.5, 0.6) is 0 Å². The Kier molecular flexibility index (Phi) is 10.4. The van der Waals surface area contributed by atoms with Crippen LogP contribution in [0.15, 0.2) is 77.7 Å². The number of amides is 2. The van der Waals surface area contributed by atoms with Crippen LogP contribution in [0, 0.1) is 6.92 Å². The molecule has 3 rings (SSSR count). The topological polar surface area (TPSA) is 86.8 Å². The summed E-state index contributed by atoms with van der Waals surface area (Å²) >= 11 is 12.0. The molecule has 0 aromatic heterocycles. The molecule has 208 valence electrons. The van der Waals surface area contributed by atoms with E-state index < -0.39 is 28.5 Å². The first-order chi connectivity index (χ1) is 18.4. The molecule has 0 spiro atoms. The van der Waals surface area contributed by atoms with Gasteiger partial charge in [0.05, 0.1) is 10.6 Å². The number of nitrogens with one attached hydrogen (secondary N) is 1. The maximum atomic E-state index is 13.9. The number of carbonyl (C=O) groups is 2. The SMILES string of the molecule is CCC(C)NC(=O)C(C)N(Cc1ccc(Cl)cc1)C(=O)CN(c1ccccc1C)S(=O)(=O)c1ccc(Cl)cc1. The van der Waals surface area contributed by atoms with Crippen molar-refractivity contribution in [1.82, 2.24) is 10.2 Å². The van der Waals surface area contributed by atoms with Crippen LogP contribution in [0.2, 0.25) is 10.0 Å². The van der Waals surface area contributed by atoms with Gasteiger partial charge in [0.1, 0.15) is 12.6 Å². The van der Waals surface area contributed by atoms with Crippen LogP contribution in [0.4, 0.5) is 5.69 Å². The third-order valence-corrected chi connectivity index (χ3v) is 8.78. The Hall–Kier alpha value is -3.07. The number of benzene rings is 3. The maximum Gasteiger partial charge on any atom is 0.264 e. The molecule has 0 saturated carbocycles. The second kappa shape index (κ2) is 13.3. The van der Waals surface area contributed by atoms with Gasteiger partial charge in [-0.15, -0.1) is 0 Å². The number of halogens is 2. The van der Waals surface area contributed by atoms with E-state index in [2.05, 4.69) is 5.32 Å². The number of sulfonamides is 1. The lowest BCUT2D eigenvalue weighted by Crippen LogP contribution is -2.52. The third kappa shape index (κ3) is 7.75. The highest BCUT2D eigenvalue weighted by atomic mass is 35.5. The van der Waals surface area contributed by atoms with Crippen molar-refractivity contribution in [1.29, 1.82) is 0 Å². The van der Waals surface area contributed by atoms with Crippen LogP contribution >= 0.6 is 23.2 Å². The van der Waals surface area contributed by atoms with Gasteiger partial charge in [-0.3, -0.25) is 13.9 Å². The van der Waals surface area contributed by atoms with Crippen molar-refractivity contribution in [2.45, 2.75) is 57.6 Å². The number of hydrogen-bond donors (Lipinski definition) is 1. The second-order valence-electron chi connectivity index (χ2n) is 9.39. The molecule has 3 aromatic rings. The first-order valence-electron chi connectivity index (χ1n) is 12.6. The number of hydrogen-bond acceptors (Lipinski definition) is 4. The number of nitrogens with zero attached hydrogens (tertiary/aromatic N) is 2. The normalized spacial score (nSPS) is 12.9. The molecule has 0 heterocycles.